The van der Waals surface area contributed by atoms with Crippen molar-refractivity contribution in [2.45, 2.75) is 22.6 Å². The summed E-state index contributed by atoms with van der Waals surface area (Å²) in [7, 11) is -3.63. The summed E-state index contributed by atoms with van der Waals surface area (Å²) < 4.78 is 32.4. The zero-order valence-electron chi connectivity index (χ0n) is 12.2. The van der Waals surface area contributed by atoms with E-state index in [1.54, 1.807) is 30.5 Å². The molecule has 2 aromatic rings. The normalized spacial score (nSPS) is 14.9. The Bertz CT molecular complexity index is 801. The average molecular weight is 352 g/mol. The second kappa shape index (κ2) is 6.77. The lowest BCUT2D eigenvalue weighted by Gasteiger charge is -2.10. The number of sulfonamides is 1. The molecule has 122 valence electrons. The number of hydrogen-bond donors (Lipinski definition) is 2. The van der Waals surface area contributed by atoms with Crippen molar-refractivity contribution in [3.8, 4) is 0 Å². The minimum Gasteiger partial charge on any atom is -0.469 e. The summed E-state index contributed by atoms with van der Waals surface area (Å²) in [5.74, 6) is 1.31. The fourth-order valence-corrected chi connectivity index (χ4v) is 4.21. The maximum atomic E-state index is 12.4. The van der Waals surface area contributed by atoms with E-state index in [1.165, 1.54) is 17.8 Å². The lowest BCUT2D eigenvalue weighted by atomic mass is 10.3. The van der Waals surface area contributed by atoms with Crippen molar-refractivity contribution < 1.29 is 17.6 Å². The first kappa shape index (κ1) is 16.1. The van der Waals surface area contributed by atoms with Gasteiger partial charge in [0.25, 0.3) is 0 Å². The summed E-state index contributed by atoms with van der Waals surface area (Å²) >= 11 is 1.54. The van der Waals surface area contributed by atoms with Crippen molar-refractivity contribution in [1.82, 2.24) is 4.72 Å². The minimum atomic E-state index is -3.63. The largest absolute Gasteiger partial charge is 0.469 e. The highest BCUT2D eigenvalue weighted by molar-refractivity contribution is 7.99. The van der Waals surface area contributed by atoms with E-state index in [0.29, 0.717) is 24.3 Å². The van der Waals surface area contributed by atoms with Gasteiger partial charge in [0.05, 0.1) is 16.8 Å². The quantitative estimate of drug-likeness (QED) is 0.861. The molecule has 3 rings (SSSR count). The van der Waals surface area contributed by atoms with E-state index in [9.17, 15) is 13.2 Å². The molecule has 1 aromatic heterocycles. The molecule has 0 aliphatic carbocycles. The second-order valence-corrected chi connectivity index (χ2v) is 7.94. The third-order valence-electron chi connectivity index (χ3n) is 3.37. The van der Waals surface area contributed by atoms with Gasteiger partial charge in [-0.25, -0.2) is 13.1 Å². The van der Waals surface area contributed by atoms with Crippen molar-refractivity contribution in [1.29, 1.82) is 0 Å². The first-order chi connectivity index (χ1) is 11.0. The van der Waals surface area contributed by atoms with Crippen LogP contribution in [-0.2, 0) is 21.2 Å². The molecular weight excluding hydrogens is 336 g/mol. The van der Waals surface area contributed by atoms with Gasteiger partial charge in [-0.15, -0.1) is 11.8 Å². The van der Waals surface area contributed by atoms with Crippen LogP contribution in [0, 0.1) is 0 Å². The van der Waals surface area contributed by atoms with E-state index in [4.69, 9.17) is 4.42 Å². The van der Waals surface area contributed by atoms with Crippen LogP contribution in [0.1, 0.15) is 12.2 Å². The molecule has 23 heavy (non-hydrogen) atoms. The van der Waals surface area contributed by atoms with Gasteiger partial charge >= 0.3 is 0 Å². The Labute approximate surface area is 138 Å². The van der Waals surface area contributed by atoms with Crippen LogP contribution in [0.3, 0.4) is 0 Å². The number of nitrogens with one attached hydrogen (secondary N) is 2. The Morgan fingerprint density at radius 3 is 2.96 bits per heavy atom. The molecule has 8 heteroatoms. The van der Waals surface area contributed by atoms with E-state index < -0.39 is 10.0 Å². The second-order valence-electron chi connectivity index (χ2n) is 5.03. The Morgan fingerprint density at radius 2 is 2.17 bits per heavy atom. The van der Waals surface area contributed by atoms with Crippen LogP contribution in [0.15, 0.2) is 50.8 Å². The van der Waals surface area contributed by atoms with E-state index in [-0.39, 0.29) is 17.3 Å². The van der Waals surface area contributed by atoms with Gasteiger partial charge in [-0.05, 0) is 30.3 Å². The molecule has 0 saturated heterocycles. The molecule has 0 fully saturated rings. The van der Waals surface area contributed by atoms with E-state index in [0.717, 1.165) is 10.7 Å². The maximum absolute atomic E-state index is 12.4. The Hall–Kier alpha value is -1.77. The van der Waals surface area contributed by atoms with Crippen LogP contribution >= 0.6 is 11.8 Å². The minimum absolute atomic E-state index is 0.100. The third kappa shape index (κ3) is 3.95. The molecule has 0 bridgehead atoms. The number of anilines is 1. The number of furan rings is 1. The SMILES string of the molecule is O=C1CCSc2ccc(S(=O)(=O)NCCc3ccco3)cc2N1. The van der Waals surface area contributed by atoms with Crippen LogP contribution < -0.4 is 10.0 Å². The topological polar surface area (TPSA) is 88.4 Å². The lowest BCUT2D eigenvalue weighted by molar-refractivity contribution is -0.115. The summed E-state index contributed by atoms with van der Waals surface area (Å²) in [4.78, 5) is 12.6. The number of rotatable bonds is 5. The summed E-state index contributed by atoms with van der Waals surface area (Å²) in [6.07, 6.45) is 2.45. The highest BCUT2D eigenvalue weighted by Crippen LogP contribution is 2.32. The van der Waals surface area contributed by atoms with Gasteiger partial charge in [0.2, 0.25) is 15.9 Å². The third-order valence-corrected chi connectivity index (χ3v) is 5.90. The average Bonchev–Trinajstić information content (AvgIpc) is 2.94. The van der Waals surface area contributed by atoms with Crippen LogP contribution in [0.5, 0.6) is 0 Å². The molecule has 0 saturated carbocycles. The molecule has 1 amide bonds. The molecular formula is C15H16N2O4S2. The van der Waals surface area contributed by atoms with Crippen molar-refractivity contribution in [2.75, 3.05) is 17.6 Å². The van der Waals surface area contributed by atoms with Crippen LogP contribution in [0.4, 0.5) is 5.69 Å². The van der Waals surface area contributed by atoms with E-state index >= 15 is 0 Å². The number of carbonyl (C=O) groups is 1. The van der Waals surface area contributed by atoms with Crippen molar-refractivity contribution in [3.63, 3.8) is 0 Å². The van der Waals surface area contributed by atoms with Gasteiger partial charge < -0.3 is 9.73 Å². The zero-order chi connectivity index (χ0) is 16.3. The van der Waals surface area contributed by atoms with Gasteiger partial charge in [0.15, 0.2) is 0 Å². The molecule has 2 heterocycles. The molecule has 1 aliphatic heterocycles. The molecule has 6 nitrogen and oxygen atoms in total. The summed E-state index contributed by atoms with van der Waals surface area (Å²) in [6.45, 7) is 0.244. The smallest absolute Gasteiger partial charge is 0.240 e. The van der Waals surface area contributed by atoms with Crippen LogP contribution in [-0.4, -0.2) is 26.6 Å². The van der Waals surface area contributed by atoms with Crippen LogP contribution in [0.25, 0.3) is 0 Å². The fourth-order valence-electron chi connectivity index (χ4n) is 2.21. The van der Waals surface area contributed by atoms with Gasteiger partial charge in [-0.2, -0.15) is 0 Å². The predicted octanol–water partition coefficient (Wildman–Crippen LogP) is 2.23. The number of amides is 1. The van der Waals surface area contributed by atoms with E-state index in [1.807, 2.05) is 0 Å². The molecule has 0 atom stereocenters. The maximum Gasteiger partial charge on any atom is 0.240 e. The van der Waals surface area contributed by atoms with Gasteiger partial charge in [-0.1, -0.05) is 0 Å². The Kier molecular flexibility index (Phi) is 4.74. The van der Waals surface area contributed by atoms with Crippen LogP contribution in [0.2, 0.25) is 0 Å². The monoisotopic (exact) mass is 352 g/mol. The zero-order valence-corrected chi connectivity index (χ0v) is 13.9. The molecule has 2 N–H and O–H groups in total. The van der Waals surface area contributed by atoms with Gasteiger partial charge in [-0.3, -0.25) is 4.79 Å². The number of thioether (sulfide) groups is 1. The molecule has 0 unspecified atom stereocenters. The summed E-state index contributed by atoms with van der Waals surface area (Å²) in [5.41, 5.74) is 0.548. The number of benzene rings is 1. The highest BCUT2D eigenvalue weighted by atomic mass is 32.2. The molecule has 1 aromatic carbocycles. The molecule has 0 spiro atoms. The fraction of sp³-hybridized carbons (Fsp3) is 0.267. The number of hydrogen-bond acceptors (Lipinski definition) is 5. The first-order valence-corrected chi connectivity index (χ1v) is 9.60. The van der Waals surface area contributed by atoms with Crippen molar-refractivity contribution in [3.05, 3.63) is 42.4 Å². The first-order valence-electron chi connectivity index (χ1n) is 7.13. The van der Waals surface area contributed by atoms with Gasteiger partial charge in [0, 0.05) is 30.0 Å². The molecule has 1 aliphatic rings. The summed E-state index contributed by atoms with van der Waals surface area (Å²) in [6, 6.07) is 8.34. The number of fused-ring (bicyclic) bond motifs is 1. The van der Waals surface area contributed by atoms with Crippen molar-refractivity contribution in [2.24, 2.45) is 0 Å². The Morgan fingerprint density at radius 1 is 1.30 bits per heavy atom. The van der Waals surface area contributed by atoms with Crippen molar-refractivity contribution >= 4 is 33.4 Å². The van der Waals surface area contributed by atoms with Gasteiger partial charge in [0.1, 0.15) is 5.76 Å². The van der Waals surface area contributed by atoms with E-state index in [2.05, 4.69) is 10.0 Å². The number of carbonyl (C=O) groups excluding carboxylic acids is 1. The predicted molar refractivity (Wildman–Crippen MR) is 88.0 cm³/mol. The lowest BCUT2D eigenvalue weighted by Crippen LogP contribution is -2.26. The Balaban J connectivity index is 1.73. The standard InChI is InChI=1S/C15H16N2O4S2/c18-15-6-9-22-14-4-3-12(10-13(14)17-15)23(19,20)16-7-5-11-2-1-8-21-11/h1-4,8,10,16H,5-7,9H2,(H,17,18). The highest BCUT2D eigenvalue weighted by Gasteiger charge is 2.19. The summed E-state index contributed by atoms with van der Waals surface area (Å²) in [5, 5.41) is 2.75. The molecule has 0 radical (unpaired) electrons.